The third-order valence-corrected chi connectivity index (χ3v) is 4.39. The van der Waals surface area contributed by atoms with E-state index < -0.39 is 23.3 Å². The van der Waals surface area contributed by atoms with Gasteiger partial charge in [-0.3, -0.25) is 9.59 Å². The molecule has 0 fully saturated rings. The highest BCUT2D eigenvalue weighted by Gasteiger charge is 2.30. The predicted octanol–water partition coefficient (Wildman–Crippen LogP) is 4.30. The number of halogens is 3. The molecule has 0 N–H and O–H groups in total. The molecule has 144 valence electrons. The van der Waals surface area contributed by atoms with Crippen LogP contribution in [-0.2, 0) is 17.4 Å². The van der Waals surface area contributed by atoms with Crippen LogP contribution in [-0.4, -0.2) is 15.6 Å². The Labute approximate surface area is 159 Å². The van der Waals surface area contributed by atoms with Crippen molar-refractivity contribution in [3.05, 3.63) is 88.2 Å². The van der Waals surface area contributed by atoms with Gasteiger partial charge in [0.2, 0.25) is 0 Å². The van der Waals surface area contributed by atoms with Crippen LogP contribution in [0.25, 0.3) is 11.3 Å². The van der Waals surface area contributed by atoms with Crippen LogP contribution in [0.4, 0.5) is 13.2 Å². The molecule has 0 saturated carbocycles. The molecule has 0 amide bonds. The molecule has 3 rings (SSSR count). The highest BCUT2D eigenvalue weighted by Crippen LogP contribution is 2.29. The molecule has 4 nitrogen and oxygen atoms in total. The number of ketones is 1. The number of hydrogen-bond donors (Lipinski definition) is 0. The fourth-order valence-electron chi connectivity index (χ4n) is 2.76. The summed E-state index contributed by atoms with van der Waals surface area (Å²) in [7, 11) is 0. The summed E-state index contributed by atoms with van der Waals surface area (Å²) in [6.07, 6.45) is -4.52. The molecule has 1 unspecified atom stereocenters. The highest BCUT2D eigenvalue weighted by molar-refractivity contribution is 5.84. The third-order valence-electron chi connectivity index (χ3n) is 4.39. The molecule has 28 heavy (non-hydrogen) atoms. The lowest BCUT2D eigenvalue weighted by Gasteiger charge is -2.14. The molecule has 0 aliphatic rings. The number of Topliss-reactive ketones (excluding diaryl/α,β-unsaturated/α-hetero) is 1. The zero-order chi connectivity index (χ0) is 20.3. The van der Waals surface area contributed by atoms with E-state index in [9.17, 15) is 22.8 Å². The van der Waals surface area contributed by atoms with E-state index in [4.69, 9.17) is 0 Å². The molecule has 0 spiro atoms. The number of benzene rings is 2. The van der Waals surface area contributed by atoms with Crippen LogP contribution in [0.1, 0.15) is 24.1 Å². The Morgan fingerprint density at radius 3 is 2.25 bits per heavy atom. The molecule has 1 atom stereocenters. The van der Waals surface area contributed by atoms with Crippen molar-refractivity contribution in [1.82, 2.24) is 9.78 Å². The first-order chi connectivity index (χ1) is 13.3. The summed E-state index contributed by atoms with van der Waals surface area (Å²) in [6, 6.07) is 15.7. The summed E-state index contributed by atoms with van der Waals surface area (Å²) in [5, 5.41) is 4.29. The van der Waals surface area contributed by atoms with E-state index in [1.807, 2.05) is 30.3 Å². The number of hydrogen-bond acceptors (Lipinski definition) is 3. The van der Waals surface area contributed by atoms with Crippen LogP contribution in [0.15, 0.2) is 71.5 Å². The maximum Gasteiger partial charge on any atom is 0.416 e. The van der Waals surface area contributed by atoms with Crippen LogP contribution in [0.5, 0.6) is 0 Å². The van der Waals surface area contributed by atoms with E-state index in [0.29, 0.717) is 11.3 Å². The molecular formula is C21H17F3N2O2. The molecule has 0 bridgehead atoms. The van der Waals surface area contributed by atoms with E-state index in [2.05, 4.69) is 5.10 Å². The van der Waals surface area contributed by atoms with Crippen molar-refractivity contribution in [2.75, 3.05) is 0 Å². The molecule has 7 heteroatoms. The van der Waals surface area contributed by atoms with E-state index in [0.717, 1.165) is 22.4 Å². The second-order valence-electron chi connectivity index (χ2n) is 6.38. The molecular weight excluding hydrogens is 369 g/mol. The van der Waals surface area contributed by atoms with Crippen molar-refractivity contribution >= 4 is 5.78 Å². The number of carbonyl (C=O) groups excluding carboxylic acids is 1. The lowest BCUT2D eigenvalue weighted by atomic mass is 10.0. The zero-order valence-electron chi connectivity index (χ0n) is 15.0. The van der Waals surface area contributed by atoms with Gasteiger partial charge in [0.1, 0.15) is 6.04 Å². The fraction of sp³-hybridized carbons (Fsp3) is 0.190. The number of aromatic nitrogens is 2. The van der Waals surface area contributed by atoms with Gasteiger partial charge in [-0.25, -0.2) is 4.68 Å². The van der Waals surface area contributed by atoms with Crippen LogP contribution in [0.2, 0.25) is 0 Å². The minimum Gasteiger partial charge on any atom is -0.297 e. The normalized spacial score (nSPS) is 12.6. The minimum atomic E-state index is -4.43. The highest BCUT2D eigenvalue weighted by atomic mass is 19.4. The first-order valence-corrected chi connectivity index (χ1v) is 8.60. The largest absolute Gasteiger partial charge is 0.416 e. The van der Waals surface area contributed by atoms with Crippen molar-refractivity contribution < 1.29 is 18.0 Å². The van der Waals surface area contributed by atoms with Gasteiger partial charge in [-0.05, 0) is 30.7 Å². The SMILES string of the molecule is CC(C(=O)Cc1ccc(C(F)(F)F)cc1)n1nc(-c2ccccc2)ccc1=O. The van der Waals surface area contributed by atoms with Crippen molar-refractivity contribution in [2.24, 2.45) is 0 Å². The van der Waals surface area contributed by atoms with Crippen molar-refractivity contribution in [1.29, 1.82) is 0 Å². The molecule has 2 aromatic carbocycles. The van der Waals surface area contributed by atoms with Crippen molar-refractivity contribution in [3.8, 4) is 11.3 Å². The van der Waals surface area contributed by atoms with Crippen LogP contribution >= 0.6 is 0 Å². The third kappa shape index (κ3) is 4.36. The molecule has 1 heterocycles. The first kappa shape index (κ1) is 19.5. The van der Waals surface area contributed by atoms with E-state index in [1.165, 1.54) is 18.2 Å². The van der Waals surface area contributed by atoms with Gasteiger partial charge < -0.3 is 0 Å². The van der Waals surface area contributed by atoms with Gasteiger partial charge in [-0.15, -0.1) is 0 Å². The zero-order valence-corrected chi connectivity index (χ0v) is 15.0. The Morgan fingerprint density at radius 2 is 1.64 bits per heavy atom. The molecule has 0 aliphatic heterocycles. The maximum absolute atomic E-state index is 12.6. The Balaban J connectivity index is 1.81. The summed E-state index contributed by atoms with van der Waals surface area (Å²) in [5.41, 5.74) is 0.600. The Morgan fingerprint density at radius 1 is 1.00 bits per heavy atom. The standard InChI is InChI=1S/C21H17F3N2O2/c1-14(19(27)13-15-7-9-17(10-8-15)21(22,23)24)26-20(28)12-11-18(25-26)16-5-3-2-4-6-16/h2-12,14H,13H2,1H3. The summed E-state index contributed by atoms with van der Waals surface area (Å²) in [6.45, 7) is 1.55. The predicted molar refractivity (Wildman–Crippen MR) is 98.8 cm³/mol. The van der Waals surface area contributed by atoms with Crippen LogP contribution in [0, 0.1) is 0 Å². The number of alkyl halides is 3. The molecule has 3 aromatic rings. The smallest absolute Gasteiger partial charge is 0.297 e. The van der Waals surface area contributed by atoms with Gasteiger partial charge in [0.15, 0.2) is 5.78 Å². The number of rotatable bonds is 5. The maximum atomic E-state index is 12.6. The van der Waals surface area contributed by atoms with Gasteiger partial charge in [-0.1, -0.05) is 42.5 Å². The van der Waals surface area contributed by atoms with Crippen LogP contribution in [0.3, 0.4) is 0 Å². The number of nitrogens with zero attached hydrogens (tertiary/aromatic N) is 2. The van der Waals surface area contributed by atoms with Crippen molar-refractivity contribution in [2.45, 2.75) is 25.6 Å². The monoisotopic (exact) mass is 386 g/mol. The summed E-state index contributed by atoms with van der Waals surface area (Å²) < 4.78 is 39.0. The van der Waals surface area contributed by atoms with Gasteiger partial charge in [0.05, 0.1) is 11.3 Å². The van der Waals surface area contributed by atoms with Gasteiger partial charge in [0, 0.05) is 18.1 Å². The Bertz CT molecular complexity index is 1030. The van der Waals surface area contributed by atoms with Crippen LogP contribution < -0.4 is 5.56 Å². The molecule has 0 saturated heterocycles. The summed E-state index contributed by atoms with van der Waals surface area (Å²) >= 11 is 0. The van der Waals surface area contributed by atoms with Gasteiger partial charge >= 0.3 is 6.18 Å². The van der Waals surface area contributed by atoms with E-state index in [1.54, 1.807) is 13.0 Å². The number of carbonyl (C=O) groups is 1. The van der Waals surface area contributed by atoms with E-state index >= 15 is 0 Å². The van der Waals surface area contributed by atoms with Crippen molar-refractivity contribution in [3.63, 3.8) is 0 Å². The lowest BCUT2D eigenvalue weighted by Crippen LogP contribution is -2.30. The van der Waals surface area contributed by atoms with E-state index in [-0.39, 0.29) is 12.2 Å². The quantitative estimate of drug-likeness (QED) is 0.657. The first-order valence-electron chi connectivity index (χ1n) is 8.60. The summed E-state index contributed by atoms with van der Waals surface area (Å²) in [5.74, 6) is -0.320. The lowest BCUT2D eigenvalue weighted by molar-refractivity contribution is -0.137. The molecule has 0 aliphatic carbocycles. The van der Waals surface area contributed by atoms with Gasteiger partial charge in [0.25, 0.3) is 5.56 Å². The Kier molecular flexibility index (Phi) is 5.44. The topological polar surface area (TPSA) is 52.0 Å². The fourth-order valence-corrected chi connectivity index (χ4v) is 2.76. The van der Waals surface area contributed by atoms with Gasteiger partial charge in [-0.2, -0.15) is 18.3 Å². The minimum absolute atomic E-state index is 0.0943. The average molecular weight is 386 g/mol. The summed E-state index contributed by atoms with van der Waals surface area (Å²) in [4.78, 5) is 24.8. The second-order valence-corrected chi connectivity index (χ2v) is 6.38. The Hall–Kier alpha value is -3.22. The average Bonchev–Trinajstić information content (AvgIpc) is 2.68. The molecule has 0 radical (unpaired) electrons. The molecule has 1 aromatic heterocycles. The second kappa shape index (κ2) is 7.80.